The maximum atomic E-state index is 12.4. The molecule has 0 atom stereocenters. The van der Waals surface area contributed by atoms with Crippen molar-refractivity contribution in [2.24, 2.45) is 0 Å². The molecule has 1 fully saturated rings. The van der Waals surface area contributed by atoms with Gasteiger partial charge in [-0.15, -0.1) is 0 Å². The molecule has 1 aliphatic rings. The van der Waals surface area contributed by atoms with Gasteiger partial charge in [0.05, 0.1) is 10.6 Å². The molecule has 0 aromatic heterocycles. The van der Waals surface area contributed by atoms with Gasteiger partial charge in [-0.05, 0) is 55.3 Å². The summed E-state index contributed by atoms with van der Waals surface area (Å²) in [4.78, 5) is 26.6. The first-order chi connectivity index (χ1) is 11.5. The molecule has 1 aliphatic heterocycles. The summed E-state index contributed by atoms with van der Waals surface area (Å²) in [6, 6.07) is 12.5. The summed E-state index contributed by atoms with van der Waals surface area (Å²) in [6.07, 6.45) is 2.06. The zero-order valence-electron chi connectivity index (χ0n) is 12.8. The Bertz CT molecular complexity index is 786. The molecule has 123 valence electrons. The smallest absolute Gasteiger partial charge is 0.257 e. The number of anilines is 1. The predicted molar refractivity (Wildman–Crippen MR) is 94.8 cm³/mol. The Morgan fingerprint density at radius 2 is 1.83 bits per heavy atom. The number of nitrogens with one attached hydrogen (secondary N) is 1. The molecule has 2 aromatic carbocycles. The molecule has 0 unspecified atom stereocenters. The summed E-state index contributed by atoms with van der Waals surface area (Å²) >= 11 is 11.9. The van der Waals surface area contributed by atoms with E-state index in [0.717, 1.165) is 25.9 Å². The number of hydrogen-bond acceptors (Lipinski definition) is 2. The lowest BCUT2D eigenvalue weighted by atomic mass is 10.1. The summed E-state index contributed by atoms with van der Waals surface area (Å²) in [5, 5.41) is 3.47. The molecular weight excluding hydrogens is 347 g/mol. The zero-order chi connectivity index (χ0) is 17.1. The van der Waals surface area contributed by atoms with Crippen molar-refractivity contribution in [3.05, 3.63) is 63.6 Å². The van der Waals surface area contributed by atoms with Gasteiger partial charge in [0, 0.05) is 29.4 Å². The van der Waals surface area contributed by atoms with Crippen LogP contribution >= 0.6 is 23.2 Å². The Morgan fingerprint density at radius 3 is 2.54 bits per heavy atom. The number of hydrogen-bond donors (Lipinski definition) is 1. The molecule has 2 amide bonds. The van der Waals surface area contributed by atoms with Crippen molar-refractivity contribution in [1.82, 2.24) is 4.90 Å². The van der Waals surface area contributed by atoms with Crippen LogP contribution in [0.4, 0.5) is 5.69 Å². The second kappa shape index (κ2) is 7.24. The first-order valence-corrected chi connectivity index (χ1v) is 8.37. The Kier molecular flexibility index (Phi) is 5.07. The number of amides is 2. The van der Waals surface area contributed by atoms with E-state index in [9.17, 15) is 9.59 Å². The first kappa shape index (κ1) is 16.8. The normalized spacial score (nSPS) is 13.8. The molecule has 1 heterocycles. The largest absolute Gasteiger partial charge is 0.339 e. The zero-order valence-corrected chi connectivity index (χ0v) is 14.3. The van der Waals surface area contributed by atoms with E-state index in [4.69, 9.17) is 23.2 Å². The fourth-order valence-electron chi connectivity index (χ4n) is 2.64. The van der Waals surface area contributed by atoms with E-state index in [1.807, 2.05) is 4.90 Å². The van der Waals surface area contributed by atoms with E-state index in [1.165, 1.54) is 6.07 Å². The van der Waals surface area contributed by atoms with E-state index in [-0.39, 0.29) is 16.8 Å². The number of nitrogens with zero attached hydrogens (tertiary/aromatic N) is 1. The van der Waals surface area contributed by atoms with Crippen LogP contribution in [0.15, 0.2) is 36.4 Å². The average Bonchev–Trinajstić information content (AvgIpc) is 3.08. The van der Waals surface area contributed by atoms with E-state index in [0.29, 0.717) is 21.8 Å². The standard InChI is InChI=1S/C18H15Cl2N2O2/c19-13-6-7-15(16(20)11-13)17(23)21-14-5-3-4-12(10-14)18(24)22-8-1-2-9-22/h4-7,10-11H,1-2,8-9H2,(H,21,23). The van der Waals surface area contributed by atoms with Crippen LogP contribution in [0.25, 0.3) is 0 Å². The van der Waals surface area contributed by atoms with Crippen LogP contribution in [0.5, 0.6) is 0 Å². The van der Waals surface area contributed by atoms with Crippen LogP contribution in [-0.4, -0.2) is 29.8 Å². The average molecular weight is 362 g/mol. The molecule has 24 heavy (non-hydrogen) atoms. The summed E-state index contributed by atoms with van der Waals surface area (Å²) in [6.45, 7) is 1.55. The third-order valence-corrected chi connectivity index (χ3v) is 4.41. The van der Waals surface area contributed by atoms with Gasteiger partial charge in [-0.2, -0.15) is 0 Å². The Balaban J connectivity index is 1.76. The Hall–Kier alpha value is -2.04. The molecule has 1 saturated heterocycles. The lowest BCUT2D eigenvalue weighted by Gasteiger charge is -2.15. The monoisotopic (exact) mass is 361 g/mol. The van der Waals surface area contributed by atoms with Crippen LogP contribution in [0.3, 0.4) is 0 Å². The molecule has 0 bridgehead atoms. The summed E-state index contributed by atoms with van der Waals surface area (Å²) in [5.41, 5.74) is 1.32. The summed E-state index contributed by atoms with van der Waals surface area (Å²) in [5.74, 6) is -0.403. The number of halogens is 2. The van der Waals surface area contributed by atoms with Crippen LogP contribution < -0.4 is 5.32 Å². The van der Waals surface area contributed by atoms with Gasteiger partial charge in [0.25, 0.3) is 11.8 Å². The Labute approximate surface area is 150 Å². The highest BCUT2D eigenvalue weighted by molar-refractivity contribution is 6.37. The Morgan fingerprint density at radius 1 is 1.08 bits per heavy atom. The van der Waals surface area contributed by atoms with Gasteiger partial charge < -0.3 is 10.2 Å². The molecule has 3 rings (SSSR count). The van der Waals surface area contributed by atoms with Gasteiger partial charge in [0.15, 0.2) is 0 Å². The fraction of sp³-hybridized carbons (Fsp3) is 0.222. The van der Waals surface area contributed by atoms with E-state index >= 15 is 0 Å². The highest BCUT2D eigenvalue weighted by Crippen LogP contribution is 2.22. The van der Waals surface area contributed by atoms with Gasteiger partial charge in [-0.25, -0.2) is 0 Å². The number of likely N-dealkylation sites (tertiary alicyclic amines) is 1. The number of carbonyl (C=O) groups is 2. The van der Waals surface area contributed by atoms with Crippen molar-refractivity contribution in [3.8, 4) is 0 Å². The van der Waals surface area contributed by atoms with Crippen LogP contribution in [0, 0.1) is 6.07 Å². The van der Waals surface area contributed by atoms with Crippen molar-refractivity contribution in [2.45, 2.75) is 12.8 Å². The van der Waals surface area contributed by atoms with Crippen molar-refractivity contribution in [1.29, 1.82) is 0 Å². The van der Waals surface area contributed by atoms with Gasteiger partial charge >= 0.3 is 0 Å². The highest BCUT2D eigenvalue weighted by atomic mass is 35.5. The van der Waals surface area contributed by atoms with Crippen LogP contribution in [0.1, 0.15) is 33.6 Å². The second-order valence-corrected chi connectivity index (χ2v) is 6.43. The molecule has 1 radical (unpaired) electrons. The van der Waals surface area contributed by atoms with Crippen molar-refractivity contribution in [3.63, 3.8) is 0 Å². The molecule has 6 heteroatoms. The lowest BCUT2D eigenvalue weighted by molar-refractivity contribution is 0.0792. The molecule has 4 nitrogen and oxygen atoms in total. The number of carbonyl (C=O) groups excluding carboxylic acids is 2. The SMILES string of the molecule is O=C(Nc1c[c]cc(C(=O)N2CCCC2)c1)c1ccc(Cl)cc1Cl. The molecule has 0 aliphatic carbocycles. The second-order valence-electron chi connectivity index (χ2n) is 5.59. The van der Waals surface area contributed by atoms with E-state index in [2.05, 4.69) is 11.4 Å². The van der Waals surface area contributed by atoms with E-state index < -0.39 is 0 Å². The minimum absolute atomic E-state index is 0.0376. The van der Waals surface area contributed by atoms with Gasteiger partial charge in [-0.1, -0.05) is 23.2 Å². The van der Waals surface area contributed by atoms with Gasteiger partial charge in [-0.3, -0.25) is 9.59 Å². The molecule has 0 spiro atoms. The molecule has 0 saturated carbocycles. The maximum Gasteiger partial charge on any atom is 0.257 e. The molecular formula is C18H15Cl2N2O2. The molecule has 2 aromatic rings. The quantitative estimate of drug-likeness (QED) is 0.886. The fourth-order valence-corrected chi connectivity index (χ4v) is 3.14. The highest BCUT2D eigenvalue weighted by Gasteiger charge is 2.20. The maximum absolute atomic E-state index is 12.4. The van der Waals surface area contributed by atoms with Gasteiger partial charge in [0.2, 0.25) is 0 Å². The van der Waals surface area contributed by atoms with Crippen LogP contribution in [0.2, 0.25) is 10.0 Å². The van der Waals surface area contributed by atoms with Crippen molar-refractivity contribution >= 4 is 40.7 Å². The molecule has 1 N–H and O–H groups in total. The first-order valence-electron chi connectivity index (χ1n) is 7.61. The van der Waals surface area contributed by atoms with Crippen molar-refractivity contribution < 1.29 is 9.59 Å². The number of rotatable bonds is 3. The summed E-state index contributed by atoms with van der Waals surface area (Å²) in [7, 11) is 0. The lowest BCUT2D eigenvalue weighted by Crippen LogP contribution is -2.27. The summed E-state index contributed by atoms with van der Waals surface area (Å²) < 4.78 is 0. The minimum Gasteiger partial charge on any atom is -0.339 e. The topological polar surface area (TPSA) is 49.4 Å². The minimum atomic E-state index is -0.365. The van der Waals surface area contributed by atoms with Gasteiger partial charge in [0.1, 0.15) is 0 Å². The van der Waals surface area contributed by atoms with Crippen LogP contribution in [-0.2, 0) is 0 Å². The third kappa shape index (κ3) is 3.71. The third-order valence-electron chi connectivity index (χ3n) is 3.86. The van der Waals surface area contributed by atoms with E-state index in [1.54, 1.807) is 30.3 Å². The number of benzene rings is 2. The predicted octanol–water partition coefficient (Wildman–Crippen LogP) is 4.28. The van der Waals surface area contributed by atoms with Crippen molar-refractivity contribution in [2.75, 3.05) is 18.4 Å².